The number of halogens is 1. The van der Waals surface area contributed by atoms with E-state index in [1.807, 2.05) is 18.7 Å². The molecule has 9 nitrogen and oxygen atoms in total. The number of likely N-dealkylation sites (tertiary alicyclic amines) is 1. The van der Waals surface area contributed by atoms with Crippen LogP contribution in [0.4, 0.5) is 5.69 Å². The quantitative estimate of drug-likeness (QED) is 0.453. The second-order valence-electron chi connectivity index (χ2n) is 9.13. The highest BCUT2D eigenvalue weighted by Gasteiger charge is 2.32. The maximum atomic E-state index is 13.2. The molecule has 0 saturated carbocycles. The van der Waals surface area contributed by atoms with Gasteiger partial charge in [0.05, 0.1) is 28.7 Å². The molecule has 1 unspecified atom stereocenters. The molecular weight excluding hydrogens is 448 g/mol. The Morgan fingerprint density at radius 2 is 1.88 bits per heavy atom. The van der Waals surface area contributed by atoms with Crippen LogP contribution >= 0.6 is 11.6 Å². The van der Waals surface area contributed by atoms with Gasteiger partial charge in [0.1, 0.15) is 6.04 Å². The van der Waals surface area contributed by atoms with Crippen molar-refractivity contribution in [1.29, 1.82) is 0 Å². The number of nitrogens with zero attached hydrogens (tertiary/aromatic N) is 3. The molecule has 2 fully saturated rings. The van der Waals surface area contributed by atoms with Crippen molar-refractivity contribution in [3.8, 4) is 0 Å². The lowest BCUT2D eigenvalue weighted by Crippen LogP contribution is -2.53. The van der Waals surface area contributed by atoms with Gasteiger partial charge in [-0.2, -0.15) is 0 Å². The number of hydrogen-bond acceptors (Lipinski definition) is 6. The Kier molecular flexibility index (Phi) is 9.05. The van der Waals surface area contributed by atoms with Crippen molar-refractivity contribution in [1.82, 2.24) is 15.1 Å². The summed E-state index contributed by atoms with van der Waals surface area (Å²) in [6, 6.07) is 3.00. The number of nitrogens with one attached hydrogen (secondary N) is 1. The SMILES string of the molecule is CC(C)C(NC(=O)c1ccc([N+](=O)[O-])cc1Cl)C(=O)N1CCC(CCN2CCOCC2)CC1. The van der Waals surface area contributed by atoms with Crippen LogP contribution in [0.5, 0.6) is 0 Å². The standard InChI is InChI=1S/C23H33ClN4O5/c1-16(2)21(25-22(29)19-4-3-18(28(31)32)15-20(19)24)23(30)27-9-6-17(7-10-27)5-8-26-11-13-33-14-12-26/h3-4,15-17,21H,5-14H2,1-2H3,(H,25,29). The van der Waals surface area contributed by atoms with E-state index in [9.17, 15) is 19.7 Å². The van der Waals surface area contributed by atoms with Crippen LogP contribution in [0.25, 0.3) is 0 Å². The highest BCUT2D eigenvalue weighted by molar-refractivity contribution is 6.34. The monoisotopic (exact) mass is 480 g/mol. The molecule has 10 heteroatoms. The Balaban J connectivity index is 1.53. The summed E-state index contributed by atoms with van der Waals surface area (Å²) in [7, 11) is 0. The van der Waals surface area contributed by atoms with Crippen molar-refractivity contribution in [3.05, 3.63) is 38.9 Å². The van der Waals surface area contributed by atoms with Crippen molar-refractivity contribution in [3.63, 3.8) is 0 Å². The number of nitro benzene ring substituents is 1. The first-order valence-corrected chi connectivity index (χ1v) is 12.0. The maximum Gasteiger partial charge on any atom is 0.270 e. The summed E-state index contributed by atoms with van der Waals surface area (Å²) < 4.78 is 5.40. The number of ether oxygens (including phenoxy) is 1. The minimum absolute atomic E-state index is 0.0160. The highest BCUT2D eigenvalue weighted by atomic mass is 35.5. The molecule has 182 valence electrons. The molecule has 1 N–H and O–H groups in total. The van der Waals surface area contributed by atoms with Gasteiger partial charge >= 0.3 is 0 Å². The van der Waals surface area contributed by atoms with Gasteiger partial charge in [0, 0.05) is 38.3 Å². The Bertz CT molecular complexity index is 851. The van der Waals surface area contributed by atoms with Crippen LogP contribution in [0.1, 0.15) is 43.5 Å². The van der Waals surface area contributed by atoms with Gasteiger partial charge in [-0.25, -0.2) is 0 Å². The molecule has 0 spiro atoms. The molecular formula is C23H33ClN4O5. The van der Waals surface area contributed by atoms with E-state index in [0.29, 0.717) is 19.0 Å². The van der Waals surface area contributed by atoms with Gasteiger partial charge in [0.2, 0.25) is 5.91 Å². The van der Waals surface area contributed by atoms with E-state index in [4.69, 9.17) is 16.3 Å². The number of carbonyl (C=O) groups excluding carboxylic acids is 2. The molecule has 2 amide bonds. The number of rotatable bonds is 8. The number of hydrogen-bond donors (Lipinski definition) is 1. The van der Waals surface area contributed by atoms with E-state index in [0.717, 1.165) is 58.2 Å². The number of amides is 2. The molecule has 1 aromatic rings. The Labute approximate surface area is 199 Å². The predicted molar refractivity (Wildman–Crippen MR) is 125 cm³/mol. The van der Waals surface area contributed by atoms with E-state index >= 15 is 0 Å². The smallest absolute Gasteiger partial charge is 0.270 e. The number of carbonyl (C=O) groups is 2. The maximum absolute atomic E-state index is 13.2. The van der Waals surface area contributed by atoms with Gasteiger partial charge < -0.3 is 15.0 Å². The molecule has 1 atom stereocenters. The molecule has 0 bridgehead atoms. The summed E-state index contributed by atoms with van der Waals surface area (Å²) in [4.78, 5) is 40.6. The first-order chi connectivity index (χ1) is 15.8. The molecule has 1 aromatic carbocycles. The van der Waals surface area contributed by atoms with Gasteiger partial charge in [-0.15, -0.1) is 0 Å². The van der Waals surface area contributed by atoms with E-state index in [2.05, 4.69) is 10.2 Å². The lowest BCUT2D eigenvalue weighted by atomic mass is 9.92. The normalized spacial score (nSPS) is 18.8. The molecule has 0 aromatic heterocycles. The fraction of sp³-hybridized carbons (Fsp3) is 0.652. The predicted octanol–water partition coefficient (Wildman–Crippen LogP) is 2.96. The minimum Gasteiger partial charge on any atom is -0.379 e. The van der Waals surface area contributed by atoms with Crippen molar-refractivity contribution < 1.29 is 19.2 Å². The summed E-state index contributed by atoms with van der Waals surface area (Å²) in [6.45, 7) is 9.81. The van der Waals surface area contributed by atoms with Crippen molar-refractivity contribution in [2.75, 3.05) is 45.9 Å². The lowest BCUT2D eigenvalue weighted by molar-refractivity contribution is -0.384. The van der Waals surface area contributed by atoms with Crippen LogP contribution in [0.2, 0.25) is 5.02 Å². The largest absolute Gasteiger partial charge is 0.379 e. The third kappa shape index (κ3) is 6.88. The summed E-state index contributed by atoms with van der Waals surface area (Å²) in [5.41, 5.74) is -0.0768. The molecule has 2 heterocycles. The first kappa shape index (κ1) is 25.4. The lowest BCUT2D eigenvalue weighted by Gasteiger charge is -2.36. The number of benzene rings is 1. The molecule has 0 radical (unpaired) electrons. The van der Waals surface area contributed by atoms with Crippen molar-refractivity contribution in [2.45, 2.75) is 39.2 Å². The van der Waals surface area contributed by atoms with Crippen LogP contribution in [0.3, 0.4) is 0 Å². The highest BCUT2D eigenvalue weighted by Crippen LogP contribution is 2.24. The third-order valence-electron chi connectivity index (χ3n) is 6.51. The third-order valence-corrected chi connectivity index (χ3v) is 6.82. The van der Waals surface area contributed by atoms with E-state index in [-0.39, 0.29) is 28.1 Å². The topological polar surface area (TPSA) is 105 Å². The number of piperidine rings is 1. The summed E-state index contributed by atoms with van der Waals surface area (Å²) >= 11 is 6.09. The van der Waals surface area contributed by atoms with Crippen LogP contribution in [-0.2, 0) is 9.53 Å². The number of non-ortho nitro benzene ring substituents is 1. The fourth-order valence-corrected chi connectivity index (χ4v) is 4.62. The number of nitro groups is 1. The molecule has 3 rings (SSSR count). The zero-order valence-corrected chi connectivity index (χ0v) is 20.1. The first-order valence-electron chi connectivity index (χ1n) is 11.6. The van der Waals surface area contributed by atoms with E-state index in [1.165, 1.54) is 12.1 Å². The molecule has 33 heavy (non-hydrogen) atoms. The summed E-state index contributed by atoms with van der Waals surface area (Å²) in [6.07, 6.45) is 3.05. The Hall–Kier alpha value is -2.23. The Morgan fingerprint density at radius 3 is 2.45 bits per heavy atom. The molecule has 2 saturated heterocycles. The zero-order valence-electron chi connectivity index (χ0n) is 19.3. The summed E-state index contributed by atoms with van der Waals surface area (Å²) in [5, 5.41) is 13.7. The zero-order chi connectivity index (χ0) is 24.0. The van der Waals surface area contributed by atoms with Gasteiger partial charge in [0.25, 0.3) is 11.6 Å². The van der Waals surface area contributed by atoms with E-state index in [1.54, 1.807) is 0 Å². The minimum atomic E-state index is -0.686. The molecule has 2 aliphatic heterocycles. The van der Waals surface area contributed by atoms with Gasteiger partial charge in [-0.05, 0) is 43.7 Å². The average molecular weight is 481 g/mol. The Morgan fingerprint density at radius 1 is 1.21 bits per heavy atom. The number of morpholine rings is 1. The van der Waals surface area contributed by atoms with Crippen molar-refractivity contribution >= 4 is 29.1 Å². The average Bonchev–Trinajstić information content (AvgIpc) is 2.81. The fourth-order valence-electron chi connectivity index (χ4n) is 4.36. The van der Waals surface area contributed by atoms with Crippen LogP contribution in [-0.4, -0.2) is 78.5 Å². The van der Waals surface area contributed by atoms with Crippen LogP contribution < -0.4 is 5.32 Å². The van der Waals surface area contributed by atoms with Gasteiger partial charge in [0.15, 0.2) is 0 Å². The molecule has 0 aliphatic carbocycles. The molecule has 2 aliphatic rings. The van der Waals surface area contributed by atoms with Crippen LogP contribution in [0, 0.1) is 22.0 Å². The van der Waals surface area contributed by atoms with E-state index < -0.39 is 16.9 Å². The van der Waals surface area contributed by atoms with Gasteiger partial charge in [-0.3, -0.25) is 24.6 Å². The second kappa shape index (κ2) is 11.8. The summed E-state index contributed by atoms with van der Waals surface area (Å²) in [5.74, 6) is -0.120. The van der Waals surface area contributed by atoms with Gasteiger partial charge in [-0.1, -0.05) is 25.4 Å². The van der Waals surface area contributed by atoms with Crippen LogP contribution in [0.15, 0.2) is 18.2 Å². The van der Waals surface area contributed by atoms with Crippen molar-refractivity contribution in [2.24, 2.45) is 11.8 Å². The second-order valence-corrected chi connectivity index (χ2v) is 9.53.